The van der Waals surface area contributed by atoms with E-state index in [4.69, 9.17) is 9.47 Å². The molecular weight excluding hydrogens is 362 g/mol. The molecule has 5 nitrogen and oxygen atoms in total. The first-order valence-corrected chi connectivity index (χ1v) is 8.64. The van der Waals surface area contributed by atoms with Gasteiger partial charge in [0.25, 0.3) is 0 Å². The van der Waals surface area contributed by atoms with Crippen molar-refractivity contribution in [2.24, 2.45) is 5.92 Å². The highest BCUT2D eigenvalue weighted by molar-refractivity contribution is 9.10. The van der Waals surface area contributed by atoms with Crippen molar-refractivity contribution in [3.05, 3.63) is 22.2 Å². The fourth-order valence-corrected chi connectivity index (χ4v) is 2.69. The van der Waals surface area contributed by atoms with Gasteiger partial charge in [0.1, 0.15) is 6.04 Å². The van der Waals surface area contributed by atoms with Gasteiger partial charge in [-0.3, -0.25) is 4.79 Å². The Morgan fingerprint density at radius 3 is 2.61 bits per heavy atom. The van der Waals surface area contributed by atoms with Crippen LogP contribution in [0.15, 0.2) is 16.6 Å². The van der Waals surface area contributed by atoms with Crippen LogP contribution in [0.25, 0.3) is 0 Å². The second-order valence-corrected chi connectivity index (χ2v) is 6.66. The minimum Gasteiger partial charge on any atom is -0.493 e. The lowest BCUT2D eigenvalue weighted by molar-refractivity contribution is -0.140. The molecule has 1 aromatic carbocycles. The monoisotopic (exact) mass is 387 g/mol. The number of ether oxygens (including phenoxy) is 2. The molecule has 1 rings (SSSR count). The second-order valence-electron chi connectivity index (χ2n) is 5.81. The Morgan fingerprint density at radius 2 is 2.09 bits per heavy atom. The molecule has 1 unspecified atom stereocenters. The van der Waals surface area contributed by atoms with E-state index in [9.17, 15) is 9.90 Å². The van der Waals surface area contributed by atoms with Crippen LogP contribution < -0.4 is 14.8 Å². The van der Waals surface area contributed by atoms with Crippen LogP contribution in [0, 0.1) is 5.92 Å². The topological polar surface area (TPSA) is 67.8 Å². The quantitative estimate of drug-likeness (QED) is 0.638. The predicted molar refractivity (Wildman–Crippen MR) is 94.2 cm³/mol. The number of carbonyl (C=O) groups is 1. The molecule has 0 spiro atoms. The number of methoxy groups -OCH3 is 1. The van der Waals surface area contributed by atoms with Crippen LogP contribution in [0.1, 0.15) is 39.2 Å². The van der Waals surface area contributed by atoms with Crippen LogP contribution in [0.4, 0.5) is 0 Å². The van der Waals surface area contributed by atoms with E-state index in [0.717, 1.165) is 16.5 Å². The van der Waals surface area contributed by atoms with E-state index in [-0.39, 0.29) is 0 Å². The highest BCUT2D eigenvalue weighted by atomic mass is 79.9. The van der Waals surface area contributed by atoms with E-state index in [0.29, 0.717) is 37.0 Å². The van der Waals surface area contributed by atoms with E-state index >= 15 is 0 Å². The minimum absolute atomic E-state index is 0.299. The van der Waals surface area contributed by atoms with E-state index in [1.807, 2.05) is 32.9 Å². The van der Waals surface area contributed by atoms with Crippen molar-refractivity contribution in [3.8, 4) is 11.5 Å². The minimum atomic E-state index is -0.839. The van der Waals surface area contributed by atoms with E-state index < -0.39 is 12.0 Å². The number of aliphatic carboxylic acids is 1. The molecule has 1 atom stereocenters. The van der Waals surface area contributed by atoms with Gasteiger partial charge in [-0.1, -0.05) is 36.7 Å². The van der Waals surface area contributed by atoms with Crippen molar-refractivity contribution < 1.29 is 19.4 Å². The Hall–Kier alpha value is -1.27. The second kappa shape index (κ2) is 9.78. The molecular formula is C17H26BrNO4. The van der Waals surface area contributed by atoms with Gasteiger partial charge >= 0.3 is 5.97 Å². The molecule has 0 aliphatic rings. The van der Waals surface area contributed by atoms with Crippen molar-refractivity contribution in [2.75, 3.05) is 13.7 Å². The zero-order chi connectivity index (χ0) is 17.4. The van der Waals surface area contributed by atoms with Gasteiger partial charge in [-0.15, -0.1) is 0 Å². The number of nitrogens with one attached hydrogen (secondary N) is 1. The molecule has 0 fully saturated rings. The van der Waals surface area contributed by atoms with Gasteiger partial charge in [-0.2, -0.15) is 0 Å². The average molecular weight is 388 g/mol. The van der Waals surface area contributed by atoms with Gasteiger partial charge in [-0.05, 0) is 30.9 Å². The smallest absolute Gasteiger partial charge is 0.320 e. The normalized spacial score (nSPS) is 12.3. The van der Waals surface area contributed by atoms with Crippen molar-refractivity contribution in [1.82, 2.24) is 5.32 Å². The number of benzene rings is 1. The number of hydrogen-bond donors (Lipinski definition) is 2. The number of halogens is 1. The summed E-state index contributed by atoms with van der Waals surface area (Å²) in [6.45, 7) is 7.02. The number of hydrogen-bond acceptors (Lipinski definition) is 4. The fourth-order valence-electron chi connectivity index (χ4n) is 2.24. The zero-order valence-corrected chi connectivity index (χ0v) is 15.8. The highest BCUT2D eigenvalue weighted by Gasteiger charge is 2.21. The maximum Gasteiger partial charge on any atom is 0.320 e. The largest absolute Gasteiger partial charge is 0.493 e. The molecule has 0 amide bonds. The lowest BCUT2D eigenvalue weighted by atomic mass is 10.0. The first-order chi connectivity index (χ1) is 10.9. The van der Waals surface area contributed by atoms with E-state index in [1.165, 1.54) is 0 Å². The Bertz CT molecular complexity index is 520. The molecule has 23 heavy (non-hydrogen) atoms. The van der Waals surface area contributed by atoms with Crippen molar-refractivity contribution in [3.63, 3.8) is 0 Å². The average Bonchev–Trinajstić information content (AvgIpc) is 2.50. The predicted octanol–water partition coefficient (Wildman–Crippen LogP) is 3.84. The molecule has 0 bridgehead atoms. The van der Waals surface area contributed by atoms with Gasteiger partial charge in [0.2, 0.25) is 0 Å². The molecule has 130 valence electrons. The first-order valence-electron chi connectivity index (χ1n) is 7.85. The van der Waals surface area contributed by atoms with Gasteiger partial charge < -0.3 is 19.9 Å². The van der Waals surface area contributed by atoms with Crippen molar-refractivity contribution >= 4 is 21.9 Å². The summed E-state index contributed by atoms with van der Waals surface area (Å²) in [5.74, 6) is 0.765. The molecule has 1 aromatic rings. The molecule has 0 aromatic heterocycles. The molecule has 0 aliphatic carbocycles. The maximum atomic E-state index is 11.4. The van der Waals surface area contributed by atoms with Gasteiger partial charge in [-0.25, -0.2) is 0 Å². The summed E-state index contributed by atoms with van der Waals surface area (Å²) in [5.41, 5.74) is 0.868. The zero-order valence-electron chi connectivity index (χ0n) is 14.2. The third-order valence-electron chi connectivity index (χ3n) is 3.37. The fraction of sp³-hybridized carbons (Fsp3) is 0.588. The summed E-state index contributed by atoms with van der Waals surface area (Å²) < 4.78 is 12.1. The van der Waals surface area contributed by atoms with Crippen molar-refractivity contribution in [2.45, 2.75) is 46.2 Å². The van der Waals surface area contributed by atoms with E-state index in [2.05, 4.69) is 21.2 Å². The molecule has 0 radical (unpaired) electrons. The molecule has 0 heterocycles. The molecule has 0 saturated carbocycles. The molecule has 0 aliphatic heterocycles. The van der Waals surface area contributed by atoms with Crippen LogP contribution >= 0.6 is 15.9 Å². The van der Waals surface area contributed by atoms with Crippen LogP contribution in [-0.2, 0) is 11.3 Å². The summed E-state index contributed by atoms with van der Waals surface area (Å²) >= 11 is 3.52. The third-order valence-corrected chi connectivity index (χ3v) is 4.11. The highest BCUT2D eigenvalue weighted by Crippen LogP contribution is 2.36. The Labute approximate surface area is 146 Å². The maximum absolute atomic E-state index is 11.4. The summed E-state index contributed by atoms with van der Waals surface area (Å²) in [5, 5.41) is 12.5. The van der Waals surface area contributed by atoms with Crippen molar-refractivity contribution in [1.29, 1.82) is 0 Å². The number of rotatable bonds is 10. The van der Waals surface area contributed by atoms with E-state index in [1.54, 1.807) is 7.11 Å². The summed E-state index contributed by atoms with van der Waals surface area (Å²) in [7, 11) is 1.60. The standard InChI is InChI=1S/C17H26BrNO4/c1-5-8-23-16-12(13(18)6-7-15(16)22-4)10-19-14(17(20)21)9-11(2)3/h6-7,11,14,19H,5,8-10H2,1-4H3,(H,20,21). The number of carboxylic acid groups (broad SMARTS) is 1. The Balaban J connectivity index is 2.98. The van der Waals surface area contributed by atoms with Crippen LogP contribution in [0.2, 0.25) is 0 Å². The van der Waals surface area contributed by atoms with Gasteiger partial charge in [0.15, 0.2) is 11.5 Å². The first kappa shape index (κ1) is 19.8. The van der Waals surface area contributed by atoms with Crippen LogP contribution in [0.5, 0.6) is 11.5 Å². The van der Waals surface area contributed by atoms with Gasteiger partial charge in [0.05, 0.1) is 13.7 Å². The molecule has 0 saturated heterocycles. The summed E-state index contributed by atoms with van der Waals surface area (Å²) in [6, 6.07) is 3.13. The molecule has 2 N–H and O–H groups in total. The van der Waals surface area contributed by atoms with Gasteiger partial charge in [0, 0.05) is 16.6 Å². The summed E-state index contributed by atoms with van der Waals surface area (Å²) in [6.07, 6.45) is 1.45. The lowest BCUT2D eigenvalue weighted by Gasteiger charge is -2.20. The Kier molecular flexibility index (Phi) is 8.41. The third kappa shape index (κ3) is 6.03. The molecule has 6 heteroatoms. The summed E-state index contributed by atoms with van der Waals surface area (Å²) in [4.78, 5) is 11.4. The van der Waals surface area contributed by atoms with Crippen LogP contribution in [-0.4, -0.2) is 30.8 Å². The Morgan fingerprint density at radius 1 is 1.39 bits per heavy atom. The van der Waals surface area contributed by atoms with Crippen LogP contribution in [0.3, 0.4) is 0 Å². The number of carboxylic acids is 1. The lowest BCUT2D eigenvalue weighted by Crippen LogP contribution is -2.37. The SMILES string of the molecule is CCCOc1c(OC)ccc(Br)c1CNC(CC(C)C)C(=O)O.